The van der Waals surface area contributed by atoms with Crippen LogP contribution in [0.2, 0.25) is 0 Å². The van der Waals surface area contributed by atoms with Gasteiger partial charge in [-0.2, -0.15) is 0 Å². The molecule has 0 aliphatic heterocycles. The minimum absolute atomic E-state index is 1.25. The fraction of sp³-hybridized carbons (Fsp3) is 0. The van der Waals surface area contributed by atoms with Gasteiger partial charge in [-0.05, 0) is 13.7 Å². The number of hydrogen-bond acceptors (Lipinski definition) is 0. The van der Waals surface area contributed by atoms with E-state index in [1.54, 1.807) is 0 Å². The van der Waals surface area contributed by atoms with Gasteiger partial charge in [-0.3, -0.25) is 0 Å². The van der Waals surface area contributed by atoms with Gasteiger partial charge in [0.05, 0.1) is 6.20 Å². The average Bonchev–Trinajstić information content (AvgIpc) is 1.76. The summed E-state index contributed by atoms with van der Waals surface area (Å²) in [5, 5.41) is 0. The Morgan fingerprint density at radius 3 is 3.00 bits per heavy atom. The highest BCUT2D eigenvalue weighted by molar-refractivity contribution is 7.88. The van der Waals surface area contributed by atoms with Crippen LogP contribution in [0.4, 0.5) is 0 Å². The summed E-state index contributed by atoms with van der Waals surface area (Å²) in [7, 11) is 2.56. The molecule has 0 aliphatic carbocycles. The molecule has 3 heteroatoms. The molecular weight excluding hydrogens is 100.0 g/mol. The zero-order valence-corrected chi connectivity index (χ0v) is 4.26. The highest BCUT2D eigenvalue weighted by Gasteiger charge is 1.60. The van der Waals surface area contributed by atoms with Crippen molar-refractivity contribution in [1.82, 2.24) is 4.75 Å². The SMILES string of the molecule is [c]1cpp[nH]1. The van der Waals surface area contributed by atoms with Gasteiger partial charge in [0.15, 0.2) is 0 Å². The molecule has 0 aromatic carbocycles. The lowest BCUT2D eigenvalue weighted by Gasteiger charge is -1.44. The van der Waals surface area contributed by atoms with Crippen LogP contribution in [0.3, 0.4) is 0 Å². The second-order valence-electron chi connectivity index (χ2n) is 0.601. The summed E-state index contributed by atoms with van der Waals surface area (Å²) >= 11 is 0. The van der Waals surface area contributed by atoms with Gasteiger partial charge in [-0.1, -0.05) is 0 Å². The van der Waals surface area contributed by atoms with Crippen LogP contribution in [0.25, 0.3) is 0 Å². The summed E-state index contributed by atoms with van der Waals surface area (Å²) < 4.78 is 2.88. The molecule has 0 fully saturated rings. The third-order valence-corrected chi connectivity index (χ3v) is 1.88. The minimum Gasteiger partial charge on any atom is -0.332 e. The van der Waals surface area contributed by atoms with Gasteiger partial charge in [0.25, 0.3) is 0 Å². The molecule has 0 unspecified atom stereocenters. The van der Waals surface area contributed by atoms with E-state index in [1.807, 2.05) is 5.80 Å². The maximum atomic E-state index is 2.88. The van der Waals surface area contributed by atoms with Gasteiger partial charge in [0, 0.05) is 8.03 Å². The summed E-state index contributed by atoms with van der Waals surface area (Å²) in [6, 6.07) is 0. The number of aromatic nitrogens is 1. The van der Waals surface area contributed by atoms with Crippen LogP contribution in [0.15, 0.2) is 5.80 Å². The first-order chi connectivity index (χ1) is 2.50. The number of aromatic amines is 1. The predicted molar refractivity (Wildman–Crippen MR) is 24.7 cm³/mol. The Balaban J connectivity index is 3.13. The van der Waals surface area contributed by atoms with E-state index >= 15 is 0 Å². The lowest BCUT2D eigenvalue weighted by atomic mass is 11.1. The Morgan fingerprint density at radius 2 is 2.80 bits per heavy atom. The van der Waals surface area contributed by atoms with Crippen molar-refractivity contribution < 1.29 is 0 Å². The highest BCUT2D eigenvalue weighted by Crippen LogP contribution is 2.12. The first-order valence-corrected chi connectivity index (χ1v) is 3.78. The second-order valence-corrected chi connectivity index (χ2v) is 2.81. The summed E-state index contributed by atoms with van der Waals surface area (Å²) in [5.41, 5.74) is 0. The normalized spacial score (nSPS) is 11.2. The summed E-state index contributed by atoms with van der Waals surface area (Å²) in [4.78, 5) is 0. The van der Waals surface area contributed by atoms with Crippen molar-refractivity contribution in [3.63, 3.8) is 0 Å². The van der Waals surface area contributed by atoms with E-state index in [2.05, 4.69) is 10.9 Å². The quantitative estimate of drug-likeness (QED) is 0.515. The van der Waals surface area contributed by atoms with E-state index in [-0.39, 0.29) is 0 Å². The molecule has 0 aliphatic rings. The summed E-state index contributed by atoms with van der Waals surface area (Å²) in [5.74, 6) is 1.96. The molecule has 0 bridgehead atoms. The fourth-order valence-electron chi connectivity index (χ4n) is 0.144. The van der Waals surface area contributed by atoms with E-state index in [1.165, 1.54) is 15.9 Å². The molecule has 1 rings (SSSR count). The lowest BCUT2D eigenvalue weighted by molar-refractivity contribution is 1.56. The minimum atomic E-state index is 1.25. The Labute approximate surface area is 33.6 Å². The van der Waals surface area contributed by atoms with Crippen LogP contribution in [-0.2, 0) is 0 Å². The van der Waals surface area contributed by atoms with E-state index in [0.29, 0.717) is 0 Å². The van der Waals surface area contributed by atoms with Crippen LogP contribution in [0.5, 0.6) is 0 Å². The van der Waals surface area contributed by atoms with Crippen molar-refractivity contribution in [3.05, 3.63) is 12.0 Å². The molecule has 1 N–H and O–H groups in total. The maximum Gasteiger partial charge on any atom is 0.0713 e. The smallest absolute Gasteiger partial charge is 0.0713 e. The van der Waals surface area contributed by atoms with Gasteiger partial charge in [0.2, 0.25) is 0 Å². The molecule has 0 spiro atoms. The molecular formula is C2H2NP2. The van der Waals surface area contributed by atoms with Crippen LogP contribution >= 0.6 is 15.9 Å². The van der Waals surface area contributed by atoms with Crippen molar-refractivity contribution in [2.45, 2.75) is 0 Å². The van der Waals surface area contributed by atoms with E-state index < -0.39 is 0 Å². The topological polar surface area (TPSA) is 15.8 Å². The third kappa shape index (κ3) is 0.718. The first-order valence-electron chi connectivity index (χ1n) is 1.22. The molecule has 1 aromatic rings. The molecule has 1 aromatic heterocycles. The van der Waals surface area contributed by atoms with Crippen molar-refractivity contribution in [1.29, 1.82) is 0 Å². The number of rotatable bonds is 0. The number of hydrogen-bond donors (Lipinski definition) is 1. The lowest BCUT2D eigenvalue weighted by Crippen LogP contribution is -1.33. The van der Waals surface area contributed by atoms with E-state index in [0.717, 1.165) is 0 Å². The molecule has 25 valence electrons. The van der Waals surface area contributed by atoms with Crippen molar-refractivity contribution in [3.8, 4) is 0 Å². The van der Waals surface area contributed by atoms with E-state index in [9.17, 15) is 0 Å². The number of H-pyrrole nitrogens is 1. The van der Waals surface area contributed by atoms with Crippen molar-refractivity contribution in [2.24, 2.45) is 0 Å². The average molecular weight is 102 g/mol. The Hall–Kier alpha value is 0.140. The molecule has 5 heavy (non-hydrogen) atoms. The Morgan fingerprint density at radius 1 is 1.80 bits per heavy atom. The molecule has 0 saturated heterocycles. The molecule has 1 radical (unpaired) electrons. The van der Waals surface area contributed by atoms with Gasteiger partial charge in [-0.15, -0.1) is 0 Å². The standard InChI is InChI=1S/C2H2NP2/c1-2-4-5-3-1/h2-3H. The fourth-order valence-corrected chi connectivity index (χ4v) is 1.30. The van der Waals surface area contributed by atoms with Crippen LogP contribution < -0.4 is 0 Å². The Bertz CT molecular complexity index is 64.1. The van der Waals surface area contributed by atoms with E-state index in [4.69, 9.17) is 0 Å². The molecule has 0 amide bonds. The number of nitrogens with one attached hydrogen (secondary N) is 1. The molecule has 1 nitrogen and oxygen atoms in total. The highest BCUT2D eigenvalue weighted by atomic mass is 31.8. The predicted octanol–water partition coefficient (Wildman–Crippen LogP) is 1.98. The Kier molecular flexibility index (Phi) is 1.03. The van der Waals surface area contributed by atoms with Gasteiger partial charge in [0.1, 0.15) is 0 Å². The van der Waals surface area contributed by atoms with Gasteiger partial charge in [-0.25, -0.2) is 0 Å². The van der Waals surface area contributed by atoms with Gasteiger partial charge >= 0.3 is 0 Å². The largest absolute Gasteiger partial charge is 0.332 e. The maximum absolute atomic E-state index is 2.88. The molecule has 0 saturated carbocycles. The van der Waals surface area contributed by atoms with Crippen molar-refractivity contribution >= 4 is 15.9 Å². The van der Waals surface area contributed by atoms with Crippen molar-refractivity contribution in [2.75, 3.05) is 0 Å². The second kappa shape index (κ2) is 1.55. The first kappa shape index (κ1) is 3.33. The van der Waals surface area contributed by atoms with Crippen LogP contribution in [-0.4, -0.2) is 4.75 Å². The monoisotopic (exact) mass is 102 g/mol. The third-order valence-electron chi connectivity index (χ3n) is 0.295. The summed E-state index contributed by atoms with van der Waals surface area (Å²) in [6.07, 6.45) is 2.82. The van der Waals surface area contributed by atoms with Crippen LogP contribution in [0, 0.1) is 6.20 Å². The molecule has 1 heterocycles. The molecule has 0 atom stereocenters. The zero-order chi connectivity index (χ0) is 3.54. The van der Waals surface area contributed by atoms with Gasteiger partial charge < -0.3 is 4.75 Å². The van der Waals surface area contributed by atoms with Crippen LogP contribution in [0.1, 0.15) is 0 Å². The zero-order valence-electron chi connectivity index (χ0n) is 2.47. The summed E-state index contributed by atoms with van der Waals surface area (Å²) in [6.45, 7) is 0.